The molecule has 0 amide bonds. The predicted octanol–water partition coefficient (Wildman–Crippen LogP) is 5.63. The maximum Gasteiger partial charge on any atom is 0.138 e. The van der Waals surface area contributed by atoms with Gasteiger partial charge >= 0.3 is 0 Å². The summed E-state index contributed by atoms with van der Waals surface area (Å²) >= 11 is 0. The van der Waals surface area contributed by atoms with Gasteiger partial charge in [-0.25, -0.2) is 0 Å². The number of nitrogens with zero attached hydrogens (tertiary/aromatic N) is 2. The molecule has 0 saturated heterocycles. The average molecular weight is 340 g/mol. The zero-order valence-corrected chi connectivity index (χ0v) is 14.0. The van der Waals surface area contributed by atoms with E-state index < -0.39 is 0 Å². The van der Waals surface area contributed by atoms with Crippen LogP contribution in [0.4, 0.5) is 0 Å². The fraction of sp³-hybridized carbons (Fsp3) is 0.0909. The van der Waals surface area contributed by atoms with Crippen LogP contribution in [0.3, 0.4) is 0 Å². The maximum atomic E-state index is 7.15. The fourth-order valence-electron chi connectivity index (χ4n) is 3.01. The van der Waals surface area contributed by atoms with Crippen LogP contribution in [-0.2, 0) is 0 Å². The van der Waals surface area contributed by atoms with Crippen molar-refractivity contribution in [1.29, 1.82) is 0 Å². The Labute approximate surface area is 152 Å². The van der Waals surface area contributed by atoms with E-state index in [4.69, 9.17) is 16.0 Å². The van der Waals surface area contributed by atoms with Gasteiger partial charge < -0.3 is 9.47 Å². The number of benzene rings is 3. The molecule has 0 aliphatic carbocycles. The third kappa shape index (κ3) is 3.28. The van der Waals surface area contributed by atoms with Crippen molar-refractivity contribution in [3.8, 4) is 17.2 Å². The highest BCUT2D eigenvalue weighted by Crippen LogP contribution is 2.38. The molecule has 0 aromatic heterocycles. The zero-order valence-electron chi connectivity index (χ0n) is 14.0. The SMILES string of the molecule is [C-]#[N+]/N=C1/CC(c2ccccc2)Oc2ccc(Oc3ccccc3)cc21. The standard InChI is InChI=1S/C22H16N2O2/c1-23-24-20-15-22(16-8-4-2-5-9-16)26-21-13-12-18(14-19(20)21)25-17-10-6-3-7-11-17/h2-14,22H,15H2/b24-20-. The molecule has 1 unspecified atom stereocenters. The van der Waals surface area contributed by atoms with Crippen LogP contribution in [0.2, 0.25) is 0 Å². The van der Waals surface area contributed by atoms with Gasteiger partial charge in [-0.15, -0.1) is 4.95 Å². The van der Waals surface area contributed by atoms with Gasteiger partial charge in [0.25, 0.3) is 0 Å². The normalized spacial score (nSPS) is 17.0. The van der Waals surface area contributed by atoms with Gasteiger partial charge in [0.2, 0.25) is 0 Å². The Hall–Kier alpha value is -3.58. The summed E-state index contributed by atoms with van der Waals surface area (Å²) in [5.74, 6) is 2.16. The quantitative estimate of drug-likeness (QED) is 0.458. The Morgan fingerprint density at radius 1 is 0.923 bits per heavy atom. The minimum Gasteiger partial charge on any atom is -0.485 e. The lowest BCUT2D eigenvalue weighted by Crippen LogP contribution is -2.20. The van der Waals surface area contributed by atoms with E-state index in [0.717, 1.165) is 16.9 Å². The maximum absolute atomic E-state index is 7.15. The predicted molar refractivity (Wildman–Crippen MR) is 101 cm³/mol. The highest BCUT2D eigenvalue weighted by atomic mass is 16.5. The lowest BCUT2D eigenvalue weighted by Gasteiger charge is -2.26. The van der Waals surface area contributed by atoms with E-state index >= 15 is 0 Å². The molecule has 26 heavy (non-hydrogen) atoms. The van der Waals surface area contributed by atoms with Crippen LogP contribution < -0.4 is 9.47 Å². The summed E-state index contributed by atoms with van der Waals surface area (Å²) in [4.78, 5) is 3.24. The lowest BCUT2D eigenvalue weighted by molar-refractivity contribution is 0.206. The Morgan fingerprint density at radius 2 is 1.65 bits per heavy atom. The van der Waals surface area contributed by atoms with Gasteiger partial charge in [-0.1, -0.05) is 48.5 Å². The monoisotopic (exact) mass is 340 g/mol. The minimum atomic E-state index is -0.148. The van der Waals surface area contributed by atoms with E-state index in [0.29, 0.717) is 23.6 Å². The molecule has 1 heterocycles. The molecule has 0 saturated carbocycles. The number of rotatable bonds is 3. The summed E-state index contributed by atoms with van der Waals surface area (Å²) in [6.45, 7) is 7.15. The van der Waals surface area contributed by atoms with Crippen molar-refractivity contribution in [2.24, 2.45) is 5.10 Å². The highest BCUT2D eigenvalue weighted by Gasteiger charge is 2.28. The summed E-state index contributed by atoms with van der Waals surface area (Å²) in [6, 6.07) is 25.2. The molecular formula is C22H16N2O2. The Bertz CT molecular complexity index is 976. The van der Waals surface area contributed by atoms with E-state index in [1.807, 2.05) is 78.9 Å². The van der Waals surface area contributed by atoms with Crippen LogP contribution in [0.25, 0.3) is 4.95 Å². The fourth-order valence-corrected chi connectivity index (χ4v) is 3.01. The van der Waals surface area contributed by atoms with Crippen LogP contribution >= 0.6 is 0 Å². The summed E-state index contributed by atoms with van der Waals surface area (Å²) in [6.07, 6.45) is 0.402. The van der Waals surface area contributed by atoms with E-state index in [1.54, 1.807) is 0 Å². The second-order valence-corrected chi connectivity index (χ2v) is 5.94. The summed E-state index contributed by atoms with van der Waals surface area (Å²) in [5.41, 5.74) is 2.59. The molecule has 126 valence electrons. The first kappa shape index (κ1) is 15.9. The molecule has 4 nitrogen and oxygen atoms in total. The zero-order chi connectivity index (χ0) is 17.8. The van der Waals surface area contributed by atoms with Gasteiger partial charge in [-0.05, 0) is 35.9 Å². The number of fused-ring (bicyclic) bond motifs is 1. The van der Waals surface area contributed by atoms with Crippen molar-refractivity contribution in [1.82, 2.24) is 0 Å². The first-order valence-electron chi connectivity index (χ1n) is 8.36. The molecule has 4 rings (SSSR count). The van der Waals surface area contributed by atoms with Crippen molar-refractivity contribution >= 4 is 5.71 Å². The number of ether oxygens (including phenoxy) is 2. The largest absolute Gasteiger partial charge is 0.485 e. The van der Waals surface area contributed by atoms with Crippen molar-refractivity contribution in [2.75, 3.05) is 0 Å². The molecule has 1 aliphatic heterocycles. The Balaban J connectivity index is 1.67. The Kier molecular flexibility index (Phi) is 4.36. The Morgan fingerprint density at radius 3 is 2.38 bits per heavy atom. The number of hydrogen-bond donors (Lipinski definition) is 0. The van der Waals surface area contributed by atoms with Gasteiger partial charge in [0, 0.05) is 12.0 Å². The molecule has 4 heteroatoms. The second-order valence-electron chi connectivity index (χ2n) is 5.94. The van der Waals surface area contributed by atoms with Crippen molar-refractivity contribution in [3.05, 3.63) is 102 Å². The van der Waals surface area contributed by atoms with Gasteiger partial charge in [-0.3, -0.25) is 0 Å². The molecule has 1 aliphatic rings. The number of hydrogen-bond acceptors (Lipinski definition) is 3. The van der Waals surface area contributed by atoms with Crippen LogP contribution in [0.5, 0.6) is 17.2 Å². The molecule has 0 radical (unpaired) electrons. The van der Waals surface area contributed by atoms with Crippen molar-refractivity contribution in [2.45, 2.75) is 12.5 Å². The molecule has 3 aromatic rings. The van der Waals surface area contributed by atoms with Crippen molar-refractivity contribution < 1.29 is 9.47 Å². The minimum absolute atomic E-state index is 0.148. The van der Waals surface area contributed by atoms with E-state index in [2.05, 4.69) is 10.1 Å². The number of para-hydroxylation sites is 1. The van der Waals surface area contributed by atoms with Gasteiger partial charge in [0.15, 0.2) is 0 Å². The molecule has 0 spiro atoms. The molecule has 3 aromatic carbocycles. The topological polar surface area (TPSA) is 35.2 Å². The molecule has 0 bridgehead atoms. The van der Waals surface area contributed by atoms with Crippen LogP contribution in [0.15, 0.2) is 84.0 Å². The second kappa shape index (κ2) is 7.12. The molecule has 0 fully saturated rings. The summed E-state index contributed by atoms with van der Waals surface area (Å²) in [5, 5.41) is 4.02. The summed E-state index contributed by atoms with van der Waals surface area (Å²) in [7, 11) is 0. The average Bonchev–Trinajstić information content (AvgIpc) is 2.70. The molecular weight excluding hydrogens is 324 g/mol. The molecule has 0 N–H and O–H groups in total. The van der Waals surface area contributed by atoms with E-state index in [-0.39, 0.29) is 6.10 Å². The van der Waals surface area contributed by atoms with E-state index in [9.17, 15) is 0 Å². The first-order valence-corrected chi connectivity index (χ1v) is 8.36. The smallest absolute Gasteiger partial charge is 0.138 e. The van der Waals surface area contributed by atoms with Crippen LogP contribution in [0.1, 0.15) is 23.7 Å². The third-order valence-electron chi connectivity index (χ3n) is 4.23. The lowest BCUT2D eigenvalue weighted by atomic mass is 9.95. The van der Waals surface area contributed by atoms with Gasteiger partial charge in [0.1, 0.15) is 29.1 Å². The van der Waals surface area contributed by atoms with E-state index in [1.165, 1.54) is 0 Å². The third-order valence-corrected chi connectivity index (χ3v) is 4.23. The first-order chi connectivity index (χ1) is 12.8. The van der Waals surface area contributed by atoms with Crippen LogP contribution in [-0.4, -0.2) is 5.71 Å². The highest BCUT2D eigenvalue weighted by molar-refractivity contribution is 6.04. The summed E-state index contributed by atoms with van der Waals surface area (Å²) < 4.78 is 12.1. The van der Waals surface area contributed by atoms with Gasteiger partial charge in [-0.2, -0.15) is 6.57 Å². The van der Waals surface area contributed by atoms with Crippen LogP contribution in [0, 0.1) is 6.57 Å². The van der Waals surface area contributed by atoms with Crippen molar-refractivity contribution in [3.63, 3.8) is 0 Å². The van der Waals surface area contributed by atoms with Gasteiger partial charge in [0.05, 0.1) is 5.10 Å². The molecule has 1 atom stereocenters.